The molecule has 1 aliphatic rings. The lowest BCUT2D eigenvalue weighted by molar-refractivity contribution is 0.0519. The first-order chi connectivity index (χ1) is 6.36. The maximum absolute atomic E-state index is 5.69. The zero-order valence-corrected chi connectivity index (χ0v) is 8.67. The molecule has 0 aromatic carbocycles. The van der Waals surface area contributed by atoms with E-state index in [1.165, 1.54) is 13.0 Å². The van der Waals surface area contributed by atoms with Gasteiger partial charge < -0.3 is 15.4 Å². The van der Waals surface area contributed by atoms with Crippen LogP contribution in [0.4, 0.5) is 0 Å². The maximum atomic E-state index is 5.69. The van der Waals surface area contributed by atoms with Crippen LogP contribution in [0.1, 0.15) is 26.2 Å². The fourth-order valence-electron chi connectivity index (χ4n) is 1.74. The molecule has 1 saturated heterocycles. The molecule has 0 spiro atoms. The molecule has 3 heteroatoms. The average Bonchev–Trinajstić information content (AvgIpc) is 2.39. The number of ether oxygens (including phenoxy) is 1. The van der Waals surface area contributed by atoms with Gasteiger partial charge in [-0.05, 0) is 32.4 Å². The highest BCUT2D eigenvalue weighted by atomic mass is 16.5. The summed E-state index contributed by atoms with van der Waals surface area (Å²) in [5.74, 6) is 0. The number of hydrogen-bond acceptors (Lipinski definition) is 3. The molecule has 1 aliphatic heterocycles. The summed E-state index contributed by atoms with van der Waals surface area (Å²) in [4.78, 5) is 2.48. The van der Waals surface area contributed by atoms with Gasteiger partial charge in [0.1, 0.15) is 0 Å². The van der Waals surface area contributed by atoms with Gasteiger partial charge in [0.2, 0.25) is 0 Å². The minimum Gasteiger partial charge on any atom is -0.377 e. The topological polar surface area (TPSA) is 38.5 Å². The molecule has 0 saturated carbocycles. The lowest BCUT2D eigenvalue weighted by Crippen LogP contribution is -2.33. The van der Waals surface area contributed by atoms with Gasteiger partial charge in [0.25, 0.3) is 0 Å². The Morgan fingerprint density at radius 1 is 1.54 bits per heavy atom. The third-order valence-electron chi connectivity index (χ3n) is 2.57. The predicted molar refractivity (Wildman–Crippen MR) is 54.8 cm³/mol. The molecule has 0 aliphatic carbocycles. The second-order valence-electron chi connectivity index (χ2n) is 3.70. The summed E-state index contributed by atoms with van der Waals surface area (Å²) in [7, 11) is 0. The fraction of sp³-hybridized carbons (Fsp3) is 1.00. The number of rotatable bonds is 4. The minimum absolute atomic E-state index is 0.445. The van der Waals surface area contributed by atoms with Crippen molar-refractivity contribution in [3.63, 3.8) is 0 Å². The summed E-state index contributed by atoms with van der Waals surface area (Å²) in [5, 5.41) is 0. The summed E-state index contributed by atoms with van der Waals surface area (Å²) in [6.45, 7) is 7.33. The molecule has 1 unspecified atom stereocenters. The summed E-state index contributed by atoms with van der Waals surface area (Å²) < 4.78 is 5.69. The smallest absolute Gasteiger partial charge is 0.0699 e. The second kappa shape index (κ2) is 6.35. The Kier molecular flexibility index (Phi) is 5.35. The molecule has 1 rings (SSSR count). The number of hydrogen-bond donors (Lipinski definition) is 1. The van der Waals surface area contributed by atoms with Crippen LogP contribution in [-0.4, -0.2) is 43.8 Å². The van der Waals surface area contributed by atoms with Crippen molar-refractivity contribution in [3.05, 3.63) is 0 Å². The molecule has 1 fully saturated rings. The molecule has 78 valence electrons. The van der Waals surface area contributed by atoms with Crippen molar-refractivity contribution in [2.75, 3.05) is 32.8 Å². The van der Waals surface area contributed by atoms with Crippen LogP contribution in [0.3, 0.4) is 0 Å². The van der Waals surface area contributed by atoms with Gasteiger partial charge in [-0.3, -0.25) is 0 Å². The van der Waals surface area contributed by atoms with Crippen molar-refractivity contribution in [1.82, 2.24) is 4.90 Å². The van der Waals surface area contributed by atoms with E-state index in [-0.39, 0.29) is 0 Å². The van der Waals surface area contributed by atoms with Crippen molar-refractivity contribution in [2.45, 2.75) is 32.3 Å². The second-order valence-corrected chi connectivity index (χ2v) is 3.70. The van der Waals surface area contributed by atoms with Crippen LogP contribution in [0.2, 0.25) is 0 Å². The van der Waals surface area contributed by atoms with Crippen molar-refractivity contribution < 1.29 is 4.74 Å². The van der Waals surface area contributed by atoms with Crippen molar-refractivity contribution >= 4 is 0 Å². The molecular weight excluding hydrogens is 164 g/mol. The summed E-state index contributed by atoms with van der Waals surface area (Å²) in [5.41, 5.74) is 5.49. The average molecular weight is 186 g/mol. The first-order valence-electron chi connectivity index (χ1n) is 5.40. The Bertz CT molecular complexity index is 130. The van der Waals surface area contributed by atoms with Gasteiger partial charge >= 0.3 is 0 Å². The Morgan fingerprint density at radius 2 is 2.38 bits per heavy atom. The van der Waals surface area contributed by atoms with E-state index in [1.807, 2.05) is 0 Å². The first-order valence-corrected chi connectivity index (χ1v) is 5.40. The molecule has 0 aromatic rings. The summed E-state index contributed by atoms with van der Waals surface area (Å²) in [6.07, 6.45) is 3.84. The third kappa shape index (κ3) is 4.07. The quantitative estimate of drug-likeness (QED) is 0.707. The number of nitrogens with two attached hydrogens (primary N) is 1. The highest BCUT2D eigenvalue weighted by Gasteiger charge is 2.15. The van der Waals surface area contributed by atoms with Gasteiger partial charge in [-0.25, -0.2) is 0 Å². The zero-order chi connectivity index (χ0) is 9.52. The van der Waals surface area contributed by atoms with Gasteiger partial charge in [0, 0.05) is 19.7 Å². The van der Waals surface area contributed by atoms with Crippen LogP contribution in [0.15, 0.2) is 0 Å². The standard InChI is InChI=1S/C10H22N2O/c1-2-10-9-12(6-3-5-11)7-4-8-13-10/h10H,2-9,11H2,1H3. The SMILES string of the molecule is CCC1CN(CCCN)CCCO1. The highest BCUT2D eigenvalue weighted by molar-refractivity contribution is 4.68. The van der Waals surface area contributed by atoms with Crippen LogP contribution in [-0.2, 0) is 4.74 Å². The van der Waals surface area contributed by atoms with E-state index in [9.17, 15) is 0 Å². The zero-order valence-electron chi connectivity index (χ0n) is 8.67. The van der Waals surface area contributed by atoms with E-state index in [0.29, 0.717) is 6.10 Å². The lowest BCUT2D eigenvalue weighted by Gasteiger charge is -2.22. The molecule has 1 heterocycles. The lowest BCUT2D eigenvalue weighted by atomic mass is 10.2. The van der Waals surface area contributed by atoms with E-state index in [2.05, 4.69) is 11.8 Å². The molecule has 0 aromatic heterocycles. The molecule has 0 bridgehead atoms. The fourth-order valence-corrected chi connectivity index (χ4v) is 1.74. The molecule has 0 amide bonds. The van der Waals surface area contributed by atoms with Crippen LogP contribution < -0.4 is 5.73 Å². The summed E-state index contributed by atoms with van der Waals surface area (Å²) in [6, 6.07) is 0. The van der Waals surface area contributed by atoms with E-state index in [4.69, 9.17) is 10.5 Å². The van der Waals surface area contributed by atoms with Crippen LogP contribution in [0.5, 0.6) is 0 Å². The maximum Gasteiger partial charge on any atom is 0.0699 e. The molecule has 13 heavy (non-hydrogen) atoms. The Labute approximate surface area is 81.2 Å². The molecule has 0 radical (unpaired) electrons. The van der Waals surface area contributed by atoms with Gasteiger partial charge in [-0.1, -0.05) is 6.92 Å². The van der Waals surface area contributed by atoms with Gasteiger partial charge in [-0.2, -0.15) is 0 Å². The van der Waals surface area contributed by atoms with E-state index < -0.39 is 0 Å². The van der Waals surface area contributed by atoms with Crippen molar-refractivity contribution in [1.29, 1.82) is 0 Å². The van der Waals surface area contributed by atoms with Gasteiger partial charge in [-0.15, -0.1) is 0 Å². The van der Waals surface area contributed by atoms with Crippen molar-refractivity contribution in [2.24, 2.45) is 5.73 Å². The van der Waals surface area contributed by atoms with Crippen LogP contribution in [0, 0.1) is 0 Å². The summed E-state index contributed by atoms with van der Waals surface area (Å²) >= 11 is 0. The number of nitrogens with zero attached hydrogens (tertiary/aromatic N) is 1. The molecule has 2 N–H and O–H groups in total. The largest absolute Gasteiger partial charge is 0.377 e. The molecular formula is C10H22N2O. The first kappa shape index (κ1) is 11.0. The highest BCUT2D eigenvalue weighted by Crippen LogP contribution is 2.08. The predicted octanol–water partition coefficient (Wildman–Crippen LogP) is 0.836. The Balaban J connectivity index is 2.26. The van der Waals surface area contributed by atoms with Crippen LogP contribution in [0.25, 0.3) is 0 Å². The van der Waals surface area contributed by atoms with Crippen LogP contribution >= 0.6 is 0 Å². The normalized spacial score (nSPS) is 25.8. The van der Waals surface area contributed by atoms with Crippen molar-refractivity contribution in [3.8, 4) is 0 Å². The Morgan fingerprint density at radius 3 is 3.08 bits per heavy atom. The van der Waals surface area contributed by atoms with Gasteiger partial charge in [0.15, 0.2) is 0 Å². The minimum atomic E-state index is 0.445. The van der Waals surface area contributed by atoms with E-state index in [0.717, 1.165) is 39.1 Å². The van der Waals surface area contributed by atoms with E-state index >= 15 is 0 Å². The molecule has 3 nitrogen and oxygen atoms in total. The monoisotopic (exact) mass is 186 g/mol. The molecule has 1 atom stereocenters. The Hall–Kier alpha value is -0.120. The van der Waals surface area contributed by atoms with E-state index in [1.54, 1.807) is 0 Å². The van der Waals surface area contributed by atoms with Gasteiger partial charge in [0.05, 0.1) is 6.10 Å². The third-order valence-corrected chi connectivity index (χ3v) is 2.57.